The number of esters is 1. The van der Waals surface area contributed by atoms with Gasteiger partial charge in [0, 0.05) is 67.1 Å². The van der Waals surface area contributed by atoms with E-state index in [-0.39, 0.29) is 87.2 Å². The molecule has 4 aromatic rings. The second-order valence-corrected chi connectivity index (χ2v) is 23.9. The van der Waals surface area contributed by atoms with Crippen molar-refractivity contribution >= 4 is 81.9 Å². The van der Waals surface area contributed by atoms with E-state index in [2.05, 4.69) is 47.9 Å². The first-order valence-electron chi connectivity index (χ1n) is 31.6. The Morgan fingerprint density at radius 1 is 0.784 bits per heavy atom. The Balaban J connectivity index is 0.741. The van der Waals surface area contributed by atoms with Crippen molar-refractivity contribution in [3.63, 3.8) is 0 Å². The molecule has 0 spiro atoms. The topological polar surface area (TPSA) is 466 Å². The van der Waals surface area contributed by atoms with E-state index in [4.69, 9.17) is 24.9 Å². The number of fused-ring (bicyclic) bond motifs is 5. The predicted molar refractivity (Wildman–Crippen MR) is 335 cm³/mol. The van der Waals surface area contributed by atoms with Crippen molar-refractivity contribution in [2.24, 2.45) is 5.73 Å². The lowest BCUT2D eigenvalue weighted by atomic mass is 9.81. The van der Waals surface area contributed by atoms with Crippen molar-refractivity contribution in [3.05, 3.63) is 110 Å². The number of unbranched alkanes of at least 4 members (excludes halogenated alkanes) is 2. The van der Waals surface area contributed by atoms with Crippen LogP contribution in [0.5, 0.6) is 0 Å². The maximum absolute atomic E-state index is 15.5. The Morgan fingerprint density at radius 3 is 2.18 bits per heavy atom. The number of aromatic nitrogens is 2. The number of imide groups is 1. The number of ether oxygens (including phenoxy) is 3. The zero-order valence-corrected chi connectivity index (χ0v) is 53.1. The summed E-state index contributed by atoms with van der Waals surface area (Å²) in [6, 6.07) is 7.93. The predicted octanol–water partition coefficient (Wildman–Crippen LogP) is -3.81. The van der Waals surface area contributed by atoms with Gasteiger partial charge in [0.2, 0.25) is 58.9 Å². The third-order valence-electron chi connectivity index (χ3n) is 17.2. The molecule has 9 rings (SSSR count). The number of amides is 11. The minimum absolute atomic E-state index is 0.000254. The number of rotatable bonds is 32. The number of pyridine rings is 2. The van der Waals surface area contributed by atoms with Crippen LogP contribution in [0.15, 0.2) is 59.4 Å². The van der Waals surface area contributed by atoms with Crippen molar-refractivity contribution in [1.82, 2.24) is 62.3 Å². The molecule has 11 amide bonds. The largest absolute Gasteiger partial charge is 0.457 e. The number of nitrogens with two attached hydrogens (primary N) is 1. The van der Waals surface area contributed by atoms with Crippen LogP contribution in [0.1, 0.15) is 103 Å². The molecule has 14 N–H and O–H groups in total. The maximum Gasteiger partial charge on any atom is 0.359 e. The molecule has 2 aromatic heterocycles. The average molecular weight is 1350 g/mol. The van der Waals surface area contributed by atoms with Crippen LogP contribution in [0, 0.1) is 12.7 Å². The highest BCUT2D eigenvalue weighted by Crippen LogP contribution is 2.45. The molecule has 518 valence electrons. The molecule has 0 radical (unpaired) electrons. The summed E-state index contributed by atoms with van der Waals surface area (Å²) < 4.78 is 33.1. The Kier molecular flexibility index (Phi) is 23.4. The van der Waals surface area contributed by atoms with Crippen molar-refractivity contribution in [2.75, 3.05) is 52.6 Å². The number of aliphatic hydroxyl groups is 3. The highest BCUT2D eigenvalue weighted by molar-refractivity contribution is 6.13. The molecule has 0 bridgehead atoms. The van der Waals surface area contributed by atoms with E-state index in [9.17, 15) is 77.6 Å². The number of carbonyl (C=O) groups is 12. The molecule has 1 saturated heterocycles. The number of nitrogens with zero attached hydrogens (tertiary/aromatic N) is 3. The Morgan fingerprint density at radius 2 is 1.46 bits per heavy atom. The SMILES string of the molecule is CCN[C@]1(O)C(=O)OCc2c1cc1n(c2=O)Cc2c-1nc1cc(F)c(C)c3c1c2[C@@H](NC(=O)COCNC(=O)CNC(=O)[C@H](Cc1ccccc1)NC(=O)CNC(=O)CNC(=O)[C@H](CCC(=O)NC[C@H]1O[C@@H](CC(N)=O)[C@H](O)[C@@H]1O)NC(=O)CCCCCN1C(=O)C=CC1=O)CC3. The van der Waals surface area contributed by atoms with Gasteiger partial charge in [0.05, 0.1) is 67.2 Å². The van der Waals surface area contributed by atoms with E-state index in [1.807, 2.05) is 0 Å². The molecule has 1 fully saturated rings. The van der Waals surface area contributed by atoms with Gasteiger partial charge in [-0.25, -0.2) is 14.2 Å². The first-order chi connectivity index (χ1) is 46.3. The summed E-state index contributed by atoms with van der Waals surface area (Å²) in [5.74, 6) is -9.19. The van der Waals surface area contributed by atoms with E-state index in [1.54, 1.807) is 44.2 Å². The number of aryl methyl sites for hydroxylation is 1. The lowest BCUT2D eigenvalue weighted by molar-refractivity contribution is -0.176. The highest BCUT2D eigenvalue weighted by Gasteiger charge is 2.48. The molecular weight excluding hydrogens is 1270 g/mol. The molecule has 8 atom stereocenters. The number of hydrogen-bond acceptors (Lipinski definition) is 21. The highest BCUT2D eigenvalue weighted by atomic mass is 19.1. The second-order valence-electron chi connectivity index (χ2n) is 23.9. The lowest BCUT2D eigenvalue weighted by Crippen LogP contribution is -2.54. The van der Waals surface area contributed by atoms with Crippen LogP contribution in [0.3, 0.4) is 0 Å². The van der Waals surface area contributed by atoms with E-state index >= 15 is 4.39 Å². The number of benzene rings is 2. The summed E-state index contributed by atoms with van der Waals surface area (Å²) in [6.07, 6.45) is -2.27. The van der Waals surface area contributed by atoms with Crippen LogP contribution in [-0.4, -0.2) is 190 Å². The summed E-state index contributed by atoms with van der Waals surface area (Å²) in [4.78, 5) is 174. The van der Waals surface area contributed by atoms with Gasteiger partial charge in [-0.15, -0.1) is 0 Å². The Bertz CT molecular complexity index is 3870. The molecule has 32 nitrogen and oxygen atoms in total. The number of primary amides is 1. The zero-order valence-electron chi connectivity index (χ0n) is 53.1. The average Bonchev–Trinajstić information content (AvgIpc) is 1.60. The third-order valence-corrected chi connectivity index (χ3v) is 17.2. The minimum atomic E-state index is -2.32. The normalized spacial score (nSPS) is 20.2. The fourth-order valence-electron chi connectivity index (χ4n) is 12.3. The monoisotopic (exact) mass is 1350 g/mol. The van der Waals surface area contributed by atoms with Crippen LogP contribution < -0.4 is 59.1 Å². The van der Waals surface area contributed by atoms with Crippen molar-refractivity contribution in [2.45, 2.75) is 139 Å². The summed E-state index contributed by atoms with van der Waals surface area (Å²) in [5, 5.41) is 55.6. The van der Waals surface area contributed by atoms with Gasteiger partial charge < -0.3 is 82.4 Å². The molecular formula is C64H76FN13O19. The number of carbonyl (C=O) groups excluding carboxylic acids is 12. The standard InChI is InChI=1S/C64H76FN13O19/c1-3-72-64(94)37-21-43-57-35(28-78(43)62(92)36(37)29-96-63(64)93)56-39(14-13-34-32(2)38(65)22-41(76-57)55(34)56)73-52(85)30-95-31-71-50(83)26-70-61(91)42(20-33-10-6-4-7-11-33)75-51(84)27-68-49(82)25-69-60(90)40(74-48(81)12-8-5-9-19-77-53(86)17-18-54(77)87)15-16-47(80)67-24-45-59(89)58(88)44(97-45)23-46(66)79/h4,6-7,10-11,17-18,21-22,39-40,42,44-45,58-59,72,88-89,94H,3,5,8-9,12-16,19-20,23-31H2,1-2H3,(H2,66,79)(H,67,80)(H,68,82)(H,69,90)(H,70,91)(H,71,83)(H,73,85)(H,74,81)(H,75,84)/t39-,40-,42-,44-,45+,58-,59+,64+/m0/s1. The maximum atomic E-state index is 15.5. The molecule has 2 aromatic carbocycles. The summed E-state index contributed by atoms with van der Waals surface area (Å²) in [7, 11) is 0. The Labute approximate surface area is 552 Å². The molecule has 4 aliphatic heterocycles. The summed E-state index contributed by atoms with van der Waals surface area (Å²) >= 11 is 0. The zero-order chi connectivity index (χ0) is 69.8. The summed E-state index contributed by atoms with van der Waals surface area (Å²) in [5.41, 5.74) is 6.11. The van der Waals surface area contributed by atoms with E-state index in [0.717, 1.165) is 17.1 Å². The lowest BCUT2D eigenvalue weighted by Gasteiger charge is -2.32. The smallest absolute Gasteiger partial charge is 0.359 e. The summed E-state index contributed by atoms with van der Waals surface area (Å²) in [6.45, 7) is -0.146. The van der Waals surface area contributed by atoms with Crippen molar-refractivity contribution < 1.29 is 91.5 Å². The quantitative estimate of drug-likeness (QED) is 0.00849. The minimum Gasteiger partial charge on any atom is -0.457 e. The van der Waals surface area contributed by atoms with Gasteiger partial charge in [-0.1, -0.05) is 43.7 Å². The first-order valence-corrected chi connectivity index (χ1v) is 31.6. The van der Waals surface area contributed by atoms with Crippen LogP contribution in [0.2, 0.25) is 0 Å². The van der Waals surface area contributed by atoms with Gasteiger partial charge in [0.25, 0.3) is 17.4 Å². The van der Waals surface area contributed by atoms with Gasteiger partial charge in [-0.3, -0.25) is 67.8 Å². The van der Waals surface area contributed by atoms with Gasteiger partial charge in [-0.2, -0.15) is 0 Å². The van der Waals surface area contributed by atoms with Crippen molar-refractivity contribution in [3.8, 4) is 11.4 Å². The fraction of sp³-hybridized carbons (Fsp3) is 0.469. The molecule has 5 aliphatic rings. The van der Waals surface area contributed by atoms with E-state index in [1.165, 1.54) is 16.7 Å². The van der Waals surface area contributed by atoms with E-state index in [0.29, 0.717) is 71.0 Å². The second kappa shape index (κ2) is 31.7. The number of cyclic esters (lactones) is 1. The van der Waals surface area contributed by atoms with E-state index < -0.39 is 164 Å². The molecule has 33 heteroatoms. The van der Waals surface area contributed by atoms with Gasteiger partial charge in [0.1, 0.15) is 56.2 Å². The van der Waals surface area contributed by atoms with Crippen LogP contribution in [0.4, 0.5) is 4.39 Å². The number of halogens is 1. The number of nitrogens with one attached hydrogen (secondary N) is 9. The van der Waals surface area contributed by atoms with Gasteiger partial charge in [-0.05, 0) is 73.9 Å². The molecule has 0 unspecified atom stereocenters. The number of likely N-dealkylation sites (N-methyl/N-ethyl adjacent to an activating group) is 1. The molecule has 6 heterocycles. The van der Waals surface area contributed by atoms with Gasteiger partial charge >= 0.3 is 5.97 Å². The molecule has 1 aliphatic carbocycles. The first kappa shape index (κ1) is 71.4. The number of hydrogen-bond donors (Lipinski definition) is 13. The Hall–Kier alpha value is -9.93. The van der Waals surface area contributed by atoms with Crippen LogP contribution in [-0.2, 0) is 103 Å². The fourth-order valence-corrected chi connectivity index (χ4v) is 12.3. The number of aliphatic hydroxyl groups excluding tert-OH is 2. The third kappa shape index (κ3) is 17.0. The van der Waals surface area contributed by atoms with Gasteiger partial charge in [0.15, 0.2) is 0 Å². The van der Waals surface area contributed by atoms with Crippen LogP contribution in [0.25, 0.3) is 22.3 Å². The molecule has 0 saturated carbocycles. The molecule has 97 heavy (non-hydrogen) atoms. The van der Waals surface area contributed by atoms with Crippen LogP contribution >= 0.6 is 0 Å². The van der Waals surface area contributed by atoms with Crippen molar-refractivity contribution in [1.29, 1.82) is 0 Å².